The van der Waals surface area contributed by atoms with Crippen molar-refractivity contribution in [1.82, 2.24) is 34.2 Å². The fraction of sp³-hybridized carbons (Fsp3) is 0.348. The highest BCUT2D eigenvalue weighted by atomic mass is 35.5. The Bertz CT molecular complexity index is 1470. The van der Waals surface area contributed by atoms with Crippen LogP contribution >= 0.6 is 11.6 Å². The van der Waals surface area contributed by atoms with Gasteiger partial charge in [0.15, 0.2) is 5.52 Å². The third kappa shape index (κ3) is 3.82. The molecule has 1 unspecified atom stereocenters. The van der Waals surface area contributed by atoms with Crippen LogP contribution in [0.4, 0.5) is 10.3 Å². The van der Waals surface area contributed by atoms with E-state index in [0.717, 1.165) is 12.1 Å². The Hall–Kier alpha value is -3.37. The van der Waals surface area contributed by atoms with Gasteiger partial charge in [0, 0.05) is 56.1 Å². The van der Waals surface area contributed by atoms with Crippen molar-refractivity contribution in [3.8, 4) is 11.3 Å². The van der Waals surface area contributed by atoms with Crippen LogP contribution in [0.1, 0.15) is 17.4 Å². The minimum Gasteiger partial charge on any atom is -0.338 e. The van der Waals surface area contributed by atoms with Gasteiger partial charge in [-0.1, -0.05) is 11.6 Å². The fourth-order valence-electron chi connectivity index (χ4n) is 4.28. The van der Waals surface area contributed by atoms with Crippen molar-refractivity contribution >= 4 is 28.6 Å². The lowest BCUT2D eigenvalue weighted by atomic mass is 10.1. The van der Waals surface area contributed by atoms with E-state index in [2.05, 4.69) is 27.0 Å². The highest BCUT2D eigenvalue weighted by Gasteiger charge is 2.29. The van der Waals surface area contributed by atoms with Gasteiger partial charge in [-0.2, -0.15) is 5.10 Å². The van der Waals surface area contributed by atoms with E-state index < -0.39 is 5.82 Å². The smallest absolute Gasteiger partial charge is 0.279 e. The standard InChI is InChI=1S/C23H24ClFN8O/c1-13-27-20-19(16-6-5-15(24)9-17(16)25)28-23(29-21(20)22(34)32(13)4)33-8-7-30(2)18(12-33)14-10-26-31(3)11-14/h5-6,9-11,18H,7-8,12H2,1-4H3. The number of hydrogen-bond acceptors (Lipinski definition) is 7. The van der Waals surface area contributed by atoms with E-state index in [1.54, 1.807) is 30.8 Å². The van der Waals surface area contributed by atoms with Gasteiger partial charge < -0.3 is 4.90 Å². The largest absolute Gasteiger partial charge is 0.338 e. The number of fused-ring (bicyclic) bond motifs is 1. The molecule has 34 heavy (non-hydrogen) atoms. The molecule has 0 radical (unpaired) electrons. The van der Waals surface area contributed by atoms with Gasteiger partial charge in [0.1, 0.15) is 22.9 Å². The van der Waals surface area contributed by atoms with Crippen molar-refractivity contribution in [3.63, 3.8) is 0 Å². The fourth-order valence-corrected chi connectivity index (χ4v) is 4.44. The monoisotopic (exact) mass is 482 g/mol. The van der Waals surface area contributed by atoms with E-state index in [0.29, 0.717) is 24.9 Å². The lowest BCUT2D eigenvalue weighted by Crippen LogP contribution is -2.47. The average Bonchev–Trinajstić information content (AvgIpc) is 3.24. The van der Waals surface area contributed by atoms with Crippen LogP contribution < -0.4 is 10.5 Å². The number of rotatable bonds is 3. The molecule has 4 aromatic rings. The zero-order valence-corrected chi connectivity index (χ0v) is 20.1. The molecule has 0 aliphatic carbocycles. The molecule has 0 saturated carbocycles. The first-order valence-corrected chi connectivity index (χ1v) is 11.2. The van der Waals surface area contributed by atoms with Crippen molar-refractivity contribution in [3.05, 3.63) is 63.2 Å². The van der Waals surface area contributed by atoms with E-state index >= 15 is 0 Å². The summed E-state index contributed by atoms with van der Waals surface area (Å²) in [7, 11) is 5.59. The van der Waals surface area contributed by atoms with Crippen molar-refractivity contribution in [2.45, 2.75) is 13.0 Å². The van der Waals surface area contributed by atoms with Gasteiger partial charge in [-0.15, -0.1) is 0 Å². The molecule has 1 saturated heterocycles. The van der Waals surface area contributed by atoms with Gasteiger partial charge in [-0.05, 0) is 32.2 Å². The van der Waals surface area contributed by atoms with Crippen LogP contribution in [0.5, 0.6) is 0 Å². The van der Waals surface area contributed by atoms with Gasteiger partial charge in [-0.3, -0.25) is 18.9 Å². The maximum atomic E-state index is 15.0. The van der Waals surface area contributed by atoms with Crippen LogP contribution in [0.3, 0.4) is 0 Å². The summed E-state index contributed by atoms with van der Waals surface area (Å²) in [6.07, 6.45) is 3.84. The Labute approximate surface area is 200 Å². The number of aromatic nitrogens is 6. The number of hydrogen-bond donors (Lipinski definition) is 0. The number of benzene rings is 1. The Balaban J connectivity index is 1.68. The van der Waals surface area contributed by atoms with Gasteiger partial charge in [0.25, 0.3) is 5.56 Å². The minimum absolute atomic E-state index is 0.0661. The second kappa shape index (κ2) is 8.44. The summed E-state index contributed by atoms with van der Waals surface area (Å²) in [4.78, 5) is 31.3. The molecule has 0 bridgehead atoms. The highest BCUT2D eigenvalue weighted by molar-refractivity contribution is 6.30. The summed E-state index contributed by atoms with van der Waals surface area (Å²) in [6.45, 7) is 3.72. The molecular formula is C23H24ClFN8O. The number of nitrogens with zero attached hydrogens (tertiary/aromatic N) is 8. The minimum atomic E-state index is -0.537. The summed E-state index contributed by atoms with van der Waals surface area (Å²) in [6, 6.07) is 4.44. The van der Waals surface area contributed by atoms with Crippen molar-refractivity contribution < 1.29 is 4.39 Å². The summed E-state index contributed by atoms with van der Waals surface area (Å²) in [5.74, 6) is 0.312. The molecule has 1 aliphatic heterocycles. The second-order valence-corrected chi connectivity index (χ2v) is 9.04. The third-order valence-corrected chi connectivity index (χ3v) is 6.60. The maximum absolute atomic E-state index is 15.0. The Morgan fingerprint density at radius 1 is 1.09 bits per heavy atom. The van der Waals surface area contributed by atoms with E-state index in [-0.39, 0.29) is 38.9 Å². The molecule has 5 rings (SSSR count). The number of anilines is 1. The first-order valence-electron chi connectivity index (χ1n) is 10.9. The van der Waals surface area contributed by atoms with Crippen LogP contribution in [-0.2, 0) is 14.1 Å². The molecule has 176 valence electrons. The van der Waals surface area contributed by atoms with Crippen LogP contribution in [0, 0.1) is 12.7 Å². The molecule has 1 aliphatic rings. The summed E-state index contributed by atoms with van der Waals surface area (Å²) >= 11 is 5.98. The Morgan fingerprint density at radius 3 is 2.59 bits per heavy atom. The number of halogens is 2. The van der Waals surface area contributed by atoms with Gasteiger partial charge in [0.05, 0.1) is 12.2 Å². The maximum Gasteiger partial charge on any atom is 0.279 e. The molecule has 0 N–H and O–H groups in total. The van der Waals surface area contributed by atoms with E-state index in [4.69, 9.17) is 16.6 Å². The van der Waals surface area contributed by atoms with E-state index in [9.17, 15) is 9.18 Å². The van der Waals surface area contributed by atoms with Crippen LogP contribution in [0.2, 0.25) is 5.02 Å². The molecule has 11 heteroatoms. The third-order valence-electron chi connectivity index (χ3n) is 6.37. The highest BCUT2D eigenvalue weighted by Crippen LogP contribution is 2.31. The van der Waals surface area contributed by atoms with Crippen molar-refractivity contribution in [1.29, 1.82) is 0 Å². The van der Waals surface area contributed by atoms with Crippen molar-refractivity contribution in [2.24, 2.45) is 14.1 Å². The molecule has 3 aromatic heterocycles. The number of piperazine rings is 1. The Morgan fingerprint density at radius 2 is 1.88 bits per heavy atom. The Kier molecular flexibility index (Phi) is 5.57. The van der Waals surface area contributed by atoms with Gasteiger partial charge in [-0.25, -0.2) is 19.3 Å². The van der Waals surface area contributed by atoms with E-state index in [1.165, 1.54) is 10.6 Å². The van der Waals surface area contributed by atoms with Crippen LogP contribution in [0.25, 0.3) is 22.3 Å². The lowest BCUT2D eigenvalue weighted by molar-refractivity contribution is 0.220. The topological polar surface area (TPSA) is 85.0 Å². The summed E-state index contributed by atoms with van der Waals surface area (Å²) < 4.78 is 18.2. The predicted octanol–water partition coefficient (Wildman–Crippen LogP) is 2.72. The van der Waals surface area contributed by atoms with Gasteiger partial charge >= 0.3 is 0 Å². The molecular weight excluding hydrogens is 459 g/mol. The molecule has 4 heterocycles. The first kappa shape index (κ1) is 22.4. The number of likely N-dealkylation sites (N-methyl/N-ethyl adjacent to an activating group) is 1. The van der Waals surface area contributed by atoms with Crippen LogP contribution in [-0.4, -0.2) is 60.9 Å². The molecule has 1 fully saturated rings. The lowest BCUT2D eigenvalue weighted by Gasteiger charge is -2.39. The van der Waals surface area contributed by atoms with Crippen LogP contribution in [0.15, 0.2) is 35.4 Å². The van der Waals surface area contributed by atoms with Crippen molar-refractivity contribution in [2.75, 3.05) is 31.6 Å². The molecule has 1 aromatic carbocycles. The molecule has 0 amide bonds. The number of aryl methyl sites for hydroxylation is 2. The summed E-state index contributed by atoms with van der Waals surface area (Å²) in [5, 5.41) is 4.58. The van der Waals surface area contributed by atoms with E-state index in [1.807, 2.05) is 24.3 Å². The molecule has 0 spiro atoms. The summed E-state index contributed by atoms with van der Waals surface area (Å²) in [5.41, 5.74) is 1.68. The first-order chi connectivity index (χ1) is 16.2. The normalized spacial score (nSPS) is 17.0. The molecule has 9 nitrogen and oxygen atoms in total. The van der Waals surface area contributed by atoms with Gasteiger partial charge in [0.2, 0.25) is 5.95 Å². The predicted molar refractivity (Wildman–Crippen MR) is 129 cm³/mol. The average molecular weight is 483 g/mol. The molecule has 1 atom stereocenters. The SMILES string of the molecule is Cc1nc2c(-c3ccc(Cl)cc3F)nc(N3CCN(C)C(c4cnn(C)c4)C3)nc2c(=O)n1C. The quantitative estimate of drug-likeness (QED) is 0.444. The second-order valence-electron chi connectivity index (χ2n) is 8.61. The zero-order valence-electron chi connectivity index (χ0n) is 19.3. The zero-order chi connectivity index (χ0) is 24.1.